The molecule has 0 aliphatic carbocycles. The molecule has 0 aromatic heterocycles. The highest BCUT2D eigenvalue weighted by atomic mass is 35.5. The first-order valence-electron chi connectivity index (χ1n) is 8.77. The summed E-state index contributed by atoms with van der Waals surface area (Å²) in [4.78, 5) is 13.9. The summed E-state index contributed by atoms with van der Waals surface area (Å²) in [6, 6.07) is 17.9. The van der Waals surface area contributed by atoms with Gasteiger partial charge in [0.25, 0.3) is 0 Å². The third kappa shape index (κ3) is 6.41. The number of carbonyl (C=O) groups is 1. The highest BCUT2D eigenvalue weighted by molar-refractivity contribution is 8.00. The average molecular weight is 376 g/mol. The van der Waals surface area contributed by atoms with Crippen molar-refractivity contribution in [1.82, 2.24) is 5.32 Å². The first-order chi connectivity index (χ1) is 12.0. The van der Waals surface area contributed by atoms with Gasteiger partial charge in [-0.3, -0.25) is 4.79 Å². The third-order valence-corrected chi connectivity index (χ3v) is 5.61. The molecule has 0 heterocycles. The standard InChI is InChI=1S/C21H26ClNOS/c1-4-20(25-18-12-10-17(22)11-13-18)21(24)23-19(14-15(2)3)16-8-6-5-7-9-16/h5-13,15,19-20H,4,14H2,1-3H3,(H,23,24)/t19-,20+/m0/s1. The zero-order valence-corrected chi connectivity index (χ0v) is 16.6. The second kappa shape index (κ2) is 9.88. The molecule has 0 saturated carbocycles. The lowest BCUT2D eigenvalue weighted by Crippen LogP contribution is -2.36. The molecule has 2 rings (SSSR count). The normalized spacial score (nSPS) is 13.5. The molecule has 2 nitrogen and oxygen atoms in total. The average Bonchev–Trinajstić information content (AvgIpc) is 2.61. The first kappa shape index (κ1) is 19.9. The molecule has 0 bridgehead atoms. The summed E-state index contributed by atoms with van der Waals surface area (Å²) in [7, 11) is 0. The lowest BCUT2D eigenvalue weighted by atomic mass is 9.97. The molecule has 134 valence electrons. The maximum Gasteiger partial charge on any atom is 0.233 e. The van der Waals surface area contributed by atoms with Crippen LogP contribution in [0.15, 0.2) is 59.5 Å². The van der Waals surface area contributed by atoms with Crippen LogP contribution in [0.5, 0.6) is 0 Å². The van der Waals surface area contributed by atoms with Crippen molar-refractivity contribution in [2.24, 2.45) is 5.92 Å². The summed E-state index contributed by atoms with van der Waals surface area (Å²) in [5, 5.41) is 3.86. The van der Waals surface area contributed by atoms with Gasteiger partial charge in [-0.25, -0.2) is 0 Å². The van der Waals surface area contributed by atoms with E-state index in [-0.39, 0.29) is 17.2 Å². The summed E-state index contributed by atoms with van der Waals surface area (Å²) in [6.45, 7) is 6.41. The fourth-order valence-electron chi connectivity index (χ4n) is 2.70. The fraction of sp³-hybridized carbons (Fsp3) is 0.381. The summed E-state index contributed by atoms with van der Waals surface area (Å²) < 4.78 is 0. The number of benzene rings is 2. The zero-order chi connectivity index (χ0) is 18.2. The monoisotopic (exact) mass is 375 g/mol. The van der Waals surface area contributed by atoms with Gasteiger partial charge >= 0.3 is 0 Å². The van der Waals surface area contributed by atoms with E-state index in [4.69, 9.17) is 11.6 Å². The Balaban J connectivity index is 2.08. The van der Waals surface area contributed by atoms with Crippen LogP contribution in [-0.2, 0) is 4.79 Å². The van der Waals surface area contributed by atoms with Crippen molar-refractivity contribution in [3.05, 3.63) is 65.2 Å². The van der Waals surface area contributed by atoms with Crippen molar-refractivity contribution in [1.29, 1.82) is 0 Å². The second-order valence-corrected chi connectivity index (χ2v) is 8.28. The number of carbonyl (C=O) groups excluding carboxylic acids is 1. The van der Waals surface area contributed by atoms with E-state index >= 15 is 0 Å². The van der Waals surface area contributed by atoms with Crippen molar-refractivity contribution in [3.63, 3.8) is 0 Å². The molecule has 1 N–H and O–H groups in total. The Morgan fingerprint density at radius 2 is 1.72 bits per heavy atom. The van der Waals surface area contributed by atoms with E-state index in [1.54, 1.807) is 11.8 Å². The summed E-state index contributed by atoms with van der Waals surface area (Å²) in [5.41, 5.74) is 1.16. The van der Waals surface area contributed by atoms with Crippen LogP contribution in [0.2, 0.25) is 5.02 Å². The number of thioether (sulfide) groups is 1. The lowest BCUT2D eigenvalue weighted by Gasteiger charge is -2.24. The summed E-state index contributed by atoms with van der Waals surface area (Å²) >= 11 is 7.53. The van der Waals surface area contributed by atoms with Crippen LogP contribution >= 0.6 is 23.4 Å². The molecule has 1 amide bonds. The minimum absolute atomic E-state index is 0.0496. The van der Waals surface area contributed by atoms with E-state index in [0.29, 0.717) is 10.9 Å². The second-order valence-electron chi connectivity index (χ2n) is 6.57. The topological polar surface area (TPSA) is 29.1 Å². The van der Waals surface area contributed by atoms with Gasteiger partial charge in [-0.1, -0.05) is 62.7 Å². The van der Waals surface area contributed by atoms with Crippen molar-refractivity contribution in [2.75, 3.05) is 0 Å². The van der Waals surface area contributed by atoms with Crippen LogP contribution in [0.3, 0.4) is 0 Å². The van der Waals surface area contributed by atoms with Crippen molar-refractivity contribution >= 4 is 29.3 Å². The van der Waals surface area contributed by atoms with Gasteiger partial charge in [-0.2, -0.15) is 0 Å². The van der Waals surface area contributed by atoms with Crippen LogP contribution in [0.1, 0.15) is 45.2 Å². The Labute approximate surface area is 160 Å². The zero-order valence-electron chi connectivity index (χ0n) is 15.0. The Morgan fingerprint density at radius 3 is 2.28 bits per heavy atom. The Bertz CT molecular complexity index is 657. The van der Waals surface area contributed by atoms with Crippen LogP contribution in [0, 0.1) is 5.92 Å². The van der Waals surface area contributed by atoms with Crippen molar-refractivity contribution < 1.29 is 4.79 Å². The number of halogens is 1. The van der Waals surface area contributed by atoms with Gasteiger partial charge in [0.2, 0.25) is 5.91 Å². The van der Waals surface area contributed by atoms with Gasteiger partial charge in [0.15, 0.2) is 0 Å². The van der Waals surface area contributed by atoms with Crippen LogP contribution in [0.25, 0.3) is 0 Å². The van der Waals surface area contributed by atoms with E-state index in [1.165, 1.54) is 0 Å². The maximum absolute atomic E-state index is 12.9. The van der Waals surface area contributed by atoms with Crippen LogP contribution in [-0.4, -0.2) is 11.2 Å². The van der Waals surface area contributed by atoms with Gasteiger partial charge in [-0.15, -0.1) is 11.8 Å². The van der Waals surface area contributed by atoms with Crippen molar-refractivity contribution in [3.8, 4) is 0 Å². The van der Waals surface area contributed by atoms with Crippen LogP contribution in [0.4, 0.5) is 0 Å². The highest BCUT2D eigenvalue weighted by Gasteiger charge is 2.22. The minimum Gasteiger partial charge on any atom is -0.348 e. The first-order valence-corrected chi connectivity index (χ1v) is 10.0. The van der Waals surface area contributed by atoms with E-state index in [0.717, 1.165) is 23.3 Å². The summed E-state index contributed by atoms with van der Waals surface area (Å²) in [5.74, 6) is 0.603. The molecule has 0 aliphatic heterocycles. The smallest absolute Gasteiger partial charge is 0.233 e. The Hall–Kier alpha value is -1.45. The maximum atomic E-state index is 12.9. The molecule has 0 spiro atoms. The molecular formula is C21H26ClNOS. The Morgan fingerprint density at radius 1 is 1.08 bits per heavy atom. The number of amides is 1. The molecule has 25 heavy (non-hydrogen) atoms. The van der Waals surface area contributed by atoms with Gasteiger partial charge in [0.05, 0.1) is 11.3 Å². The lowest BCUT2D eigenvalue weighted by molar-refractivity contribution is -0.121. The van der Waals surface area contributed by atoms with Gasteiger partial charge in [0, 0.05) is 9.92 Å². The van der Waals surface area contributed by atoms with E-state index in [9.17, 15) is 4.79 Å². The molecule has 2 atom stereocenters. The van der Waals surface area contributed by atoms with Gasteiger partial charge < -0.3 is 5.32 Å². The summed E-state index contributed by atoms with van der Waals surface area (Å²) in [6.07, 6.45) is 1.71. The predicted molar refractivity (Wildman–Crippen MR) is 108 cm³/mol. The van der Waals surface area contributed by atoms with E-state index in [1.807, 2.05) is 49.4 Å². The quantitative estimate of drug-likeness (QED) is 0.563. The molecule has 0 saturated heterocycles. The predicted octanol–water partition coefficient (Wildman–Crippen LogP) is 6.11. The molecule has 4 heteroatoms. The Kier molecular flexibility index (Phi) is 7.86. The molecular weight excluding hydrogens is 350 g/mol. The molecule has 0 fully saturated rings. The largest absolute Gasteiger partial charge is 0.348 e. The number of nitrogens with one attached hydrogen (secondary N) is 1. The SMILES string of the molecule is CC[C@@H](Sc1ccc(Cl)cc1)C(=O)N[C@@H](CC(C)C)c1ccccc1. The van der Waals surface area contributed by atoms with Crippen LogP contribution < -0.4 is 5.32 Å². The third-order valence-electron chi connectivity index (χ3n) is 3.98. The van der Waals surface area contributed by atoms with E-state index < -0.39 is 0 Å². The molecule has 0 aliphatic rings. The van der Waals surface area contributed by atoms with Crippen molar-refractivity contribution in [2.45, 2.75) is 49.8 Å². The minimum atomic E-state index is -0.112. The molecule has 0 radical (unpaired) electrons. The van der Waals surface area contributed by atoms with Gasteiger partial charge in [0.1, 0.15) is 0 Å². The van der Waals surface area contributed by atoms with E-state index in [2.05, 4.69) is 31.3 Å². The highest BCUT2D eigenvalue weighted by Crippen LogP contribution is 2.28. The number of rotatable bonds is 8. The number of hydrogen-bond acceptors (Lipinski definition) is 2. The fourth-order valence-corrected chi connectivity index (χ4v) is 3.79. The molecule has 2 aromatic rings. The van der Waals surface area contributed by atoms with Gasteiger partial charge in [-0.05, 0) is 48.6 Å². The molecule has 0 unspecified atom stereocenters. The number of hydrogen-bond donors (Lipinski definition) is 1. The molecule has 2 aromatic carbocycles.